The van der Waals surface area contributed by atoms with E-state index in [0.717, 1.165) is 11.4 Å². The summed E-state index contributed by atoms with van der Waals surface area (Å²) >= 11 is 0. The van der Waals surface area contributed by atoms with E-state index in [1.807, 2.05) is 6.20 Å². The number of hydrogen-bond acceptors (Lipinski definition) is 3. The molecule has 108 valence electrons. The molecule has 0 spiro atoms. The molecule has 2 aromatic rings. The molecule has 0 amide bonds. The predicted octanol–water partition coefficient (Wildman–Crippen LogP) is 3.10. The maximum atomic E-state index is 4.07. The lowest BCUT2D eigenvalue weighted by atomic mass is 10.0. The van der Waals surface area contributed by atoms with Crippen molar-refractivity contribution in [2.24, 2.45) is 5.92 Å². The van der Waals surface area contributed by atoms with Crippen molar-refractivity contribution in [1.29, 1.82) is 0 Å². The first-order valence-corrected chi connectivity index (χ1v) is 7.63. The van der Waals surface area contributed by atoms with Crippen LogP contribution in [0, 0.1) is 5.92 Å². The predicted molar refractivity (Wildman–Crippen MR) is 84.0 cm³/mol. The molecule has 2 heterocycles. The zero-order chi connectivity index (χ0) is 13.9. The second-order valence-electron chi connectivity index (χ2n) is 6.29. The molecule has 4 nitrogen and oxygen atoms in total. The van der Waals surface area contributed by atoms with E-state index in [0.29, 0.717) is 6.04 Å². The number of aromatic amines is 1. The van der Waals surface area contributed by atoms with Gasteiger partial charge in [-0.05, 0) is 37.0 Å². The van der Waals surface area contributed by atoms with Crippen molar-refractivity contribution in [3.63, 3.8) is 0 Å². The van der Waals surface area contributed by atoms with Gasteiger partial charge in [-0.3, -0.25) is 5.10 Å². The number of benzene rings is 1. The Balaban J connectivity index is 1.56. The second-order valence-corrected chi connectivity index (χ2v) is 6.29. The van der Waals surface area contributed by atoms with Crippen molar-refractivity contribution in [3.8, 4) is 0 Å². The van der Waals surface area contributed by atoms with Crippen LogP contribution in [-0.4, -0.2) is 40.8 Å². The molecule has 20 heavy (non-hydrogen) atoms. The summed E-state index contributed by atoms with van der Waals surface area (Å²) < 4.78 is 0. The van der Waals surface area contributed by atoms with Gasteiger partial charge in [0.2, 0.25) is 0 Å². The van der Waals surface area contributed by atoms with Crippen molar-refractivity contribution in [3.05, 3.63) is 24.4 Å². The number of fused-ring (bicyclic) bond motifs is 1. The average molecular weight is 272 g/mol. The van der Waals surface area contributed by atoms with Crippen molar-refractivity contribution in [1.82, 2.24) is 15.1 Å². The highest BCUT2D eigenvalue weighted by molar-refractivity contribution is 5.81. The topological polar surface area (TPSA) is 44.0 Å². The van der Waals surface area contributed by atoms with Gasteiger partial charge in [0, 0.05) is 36.7 Å². The van der Waals surface area contributed by atoms with Crippen LogP contribution in [-0.2, 0) is 0 Å². The molecule has 1 saturated heterocycles. The summed E-state index contributed by atoms with van der Waals surface area (Å²) in [4.78, 5) is 2.58. The van der Waals surface area contributed by atoms with Gasteiger partial charge in [0.1, 0.15) is 0 Å². The molecule has 0 saturated carbocycles. The first-order valence-electron chi connectivity index (χ1n) is 7.63. The van der Waals surface area contributed by atoms with E-state index >= 15 is 0 Å². The van der Waals surface area contributed by atoms with Crippen LogP contribution in [0.2, 0.25) is 0 Å². The van der Waals surface area contributed by atoms with Crippen LogP contribution in [0.5, 0.6) is 0 Å². The summed E-state index contributed by atoms with van der Waals surface area (Å²) in [6.45, 7) is 8.24. The van der Waals surface area contributed by atoms with Gasteiger partial charge in [-0.2, -0.15) is 5.10 Å². The molecule has 0 radical (unpaired) electrons. The van der Waals surface area contributed by atoms with E-state index in [9.17, 15) is 0 Å². The van der Waals surface area contributed by atoms with Crippen LogP contribution in [0.25, 0.3) is 10.9 Å². The molecule has 2 N–H and O–H groups in total. The van der Waals surface area contributed by atoms with Gasteiger partial charge >= 0.3 is 0 Å². The quantitative estimate of drug-likeness (QED) is 0.899. The van der Waals surface area contributed by atoms with Crippen molar-refractivity contribution >= 4 is 16.6 Å². The molecule has 0 bridgehead atoms. The number of likely N-dealkylation sites (tertiary alicyclic amines) is 1. The highest BCUT2D eigenvalue weighted by Crippen LogP contribution is 2.20. The molecule has 0 aliphatic carbocycles. The van der Waals surface area contributed by atoms with Gasteiger partial charge in [0.15, 0.2) is 0 Å². The van der Waals surface area contributed by atoms with E-state index in [2.05, 4.69) is 52.5 Å². The minimum Gasteiger partial charge on any atom is -0.382 e. The number of nitrogens with zero attached hydrogens (tertiary/aromatic N) is 2. The monoisotopic (exact) mass is 272 g/mol. The fourth-order valence-electron chi connectivity index (χ4n) is 3.04. The van der Waals surface area contributed by atoms with Crippen molar-refractivity contribution < 1.29 is 0 Å². The largest absolute Gasteiger partial charge is 0.382 e. The second kappa shape index (κ2) is 5.83. The summed E-state index contributed by atoms with van der Waals surface area (Å²) in [6.07, 6.45) is 4.32. The molecular weight excluding hydrogens is 248 g/mol. The minimum absolute atomic E-state index is 0.596. The van der Waals surface area contributed by atoms with Gasteiger partial charge < -0.3 is 10.2 Å². The molecule has 1 aliphatic rings. The Hall–Kier alpha value is -1.55. The van der Waals surface area contributed by atoms with Gasteiger partial charge in [-0.25, -0.2) is 0 Å². The van der Waals surface area contributed by atoms with Crippen LogP contribution in [0.4, 0.5) is 5.69 Å². The summed E-state index contributed by atoms with van der Waals surface area (Å²) in [6, 6.07) is 7.02. The fraction of sp³-hybridized carbons (Fsp3) is 0.562. The molecule has 0 unspecified atom stereocenters. The summed E-state index contributed by atoms with van der Waals surface area (Å²) in [5.41, 5.74) is 2.30. The maximum absolute atomic E-state index is 4.07. The van der Waals surface area contributed by atoms with Gasteiger partial charge in [0.05, 0.1) is 11.7 Å². The number of hydrogen-bond donors (Lipinski definition) is 2. The Kier molecular flexibility index (Phi) is 3.92. The number of piperidine rings is 1. The Morgan fingerprint density at radius 3 is 2.90 bits per heavy atom. The average Bonchev–Trinajstić information content (AvgIpc) is 2.88. The highest BCUT2D eigenvalue weighted by atomic mass is 15.1. The normalized spacial score (nSPS) is 17.9. The third-order valence-electron chi connectivity index (χ3n) is 4.02. The standard InChI is InChI=1S/C16H24N4/c1-12(2)11-20-7-5-14(6-8-20)18-15-4-3-13-10-17-19-16(13)9-15/h3-4,9-10,12,14,18H,5-8,11H2,1-2H3,(H,17,19). The summed E-state index contributed by atoms with van der Waals surface area (Å²) in [5, 5.41) is 11.9. The van der Waals surface area contributed by atoms with Crippen LogP contribution >= 0.6 is 0 Å². The zero-order valence-electron chi connectivity index (χ0n) is 12.4. The van der Waals surface area contributed by atoms with E-state index in [1.54, 1.807) is 0 Å². The lowest BCUT2D eigenvalue weighted by Crippen LogP contribution is -2.40. The van der Waals surface area contributed by atoms with E-state index in [-0.39, 0.29) is 0 Å². The van der Waals surface area contributed by atoms with Crippen molar-refractivity contribution in [2.45, 2.75) is 32.7 Å². The molecule has 1 aromatic carbocycles. The van der Waals surface area contributed by atoms with E-state index < -0.39 is 0 Å². The number of H-pyrrole nitrogens is 1. The molecule has 3 rings (SSSR count). The SMILES string of the molecule is CC(C)CN1CCC(Nc2ccc3cn[nH]c3c2)CC1. The summed E-state index contributed by atoms with van der Waals surface area (Å²) in [5.74, 6) is 0.766. The Labute approximate surface area is 120 Å². The number of nitrogens with one attached hydrogen (secondary N) is 2. The van der Waals surface area contributed by atoms with Gasteiger partial charge in [0.25, 0.3) is 0 Å². The van der Waals surface area contributed by atoms with Crippen molar-refractivity contribution in [2.75, 3.05) is 25.0 Å². The molecule has 4 heteroatoms. The number of aromatic nitrogens is 2. The van der Waals surface area contributed by atoms with E-state index in [1.165, 1.54) is 43.5 Å². The molecule has 1 aliphatic heterocycles. The number of rotatable bonds is 4. The zero-order valence-corrected chi connectivity index (χ0v) is 12.4. The van der Waals surface area contributed by atoms with Gasteiger partial charge in [-0.15, -0.1) is 0 Å². The van der Waals surface area contributed by atoms with Crippen LogP contribution in [0.3, 0.4) is 0 Å². The minimum atomic E-state index is 0.596. The Morgan fingerprint density at radius 2 is 2.15 bits per heavy atom. The molecule has 1 fully saturated rings. The lowest BCUT2D eigenvalue weighted by Gasteiger charge is -2.33. The highest BCUT2D eigenvalue weighted by Gasteiger charge is 2.19. The Bertz CT molecular complexity index is 552. The summed E-state index contributed by atoms with van der Waals surface area (Å²) in [7, 11) is 0. The number of anilines is 1. The maximum Gasteiger partial charge on any atom is 0.0670 e. The first-order chi connectivity index (χ1) is 9.70. The third-order valence-corrected chi connectivity index (χ3v) is 4.02. The van der Waals surface area contributed by atoms with Gasteiger partial charge in [-0.1, -0.05) is 13.8 Å². The smallest absolute Gasteiger partial charge is 0.0670 e. The van der Waals surface area contributed by atoms with E-state index in [4.69, 9.17) is 0 Å². The van der Waals surface area contributed by atoms with Crippen LogP contribution < -0.4 is 5.32 Å². The van der Waals surface area contributed by atoms with Crippen LogP contribution in [0.15, 0.2) is 24.4 Å². The third kappa shape index (κ3) is 3.12. The Morgan fingerprint density at radius 1 is 1.35 bits per heavy atom. The lowest BCUT2D eigenvalue weighted by molar-refractivity contribution is 0.198. The molecule has 1 aromatic heterocycles. The molecular formula is C16H24N4. The molecule has 0 atom stereocenters. The fourth-order valence-corrected chi connectivity index (χ4v) is 3.04. The first kappa shape index (κ1) is 13.4. The van der Waals surface area contributed by atoms with Crippen LogP contribution in [0.1, 0.15) is 26.7 Å².